The molecule has 3 rings (SSSR count). The van der Waals surface area contributed by atoms with Crippen molar-refractivity contribution >= 4 is 22.8 Å². The van der Waals surface area contributed by atoms with E-state index in [9.17, 15) is 9.59 Å². The highest BCUT2D eigenvalue weighted by Gasteiger charge is 2.10. The molecule has 0 bridgehead atoms. The van der Waals surface area contributed by atoms with Gasteiger partial charge in [-0.3, -0.25) is 9.59 Å². The molecule has 2 aromatic heterocycles. The molecule has 0 unspecified atom stereocenters. The lowest BCUT2D eigenvalue weighted by atomic mass is 10.3. The van der Waals surface area contributed by atoms with Crippen LogP contribution >= 0.6 is 0 Å². The van der Waals surface area contributed by atoms with E-state index in [0.717, 1.165) is 11.0 Å². The molecule has 0 aliphatic heterocycles. The summed E-state index contributed by atoms with van der Waals surface area (Å²) < 4.78 is 6.59. The predicted molar refractivity (Wildman–Crippen MR) is 81.1 cm³/mol. The highest BCUT2D eigenvalue weighted by molar-refractivity contribution is 5.85. The molecule has 8 nitrogen and oxygen atoms in total. The van der Waals surface area contributed by atoms with Gasteiger partial charge in [-0.15, -0.1) is 5.10 Å². The van der Waals surface area contributed by atoms with Crippen LogP contribution < -0.4 is 10.6 Å². The summed E-state index contributed by atoms with van der Waals surface area (Å²) in [5.41, 5.74) is 1.49. The second kappa shape index (κ2) is 6.73. The maximum Gasteiger partial charge on any atom is 0.242 e. The van der Waals surface area contributed by atoms with Crippen molar-refractivity contribution in [1.29, 1.82) is 0 Å². The van der Waals surface area contributed by atoms with Crippen LogP contribution in [0.2, 0.25) is 0 Å². The number of furan rings is 1. The van der Waals surface area contributed by atoms with E-state index in [1.54, 1.807) is 12.1 Å². The molecule has 3 aromatic rings. The van der Waals surface area contributed by atoms with Crippen LogP contribution in [0.3, 0.4) is 0 Å². The first-order valence-corrected chi connectivity index (χ1v) is 7.06. The molecule has 2 heterocycles. The van der Waals surface area contributed by atoms with E-state index >= 15 is 0 Å². The highest BCUT2D eigenvalue weighted by atomic mass is 16.3. The van der Waals surface area contributed by atoms with Gasteiger partial charge in [0.1, 0.15) is 17.8 Å². The fraction of sp³-hybridized carbons (Fsp3) is 0.200. The number of fused-ring (bicyclic) bond motifs is 1. The van der Waals surface area contributed by atoms with E-state index in [1.165, 1.54) is 10.9 Å². The first kappa shape index (κ1) is 14.8. The Bertz CT molecular complexity index is 810. The lowest BCUT2D eigenvalue weighted by Gasteiger charge is -2.06. The largest absolute Gasteiger partial charge is 0.467 e. The fourth-order valence-electron chi connectivity index (χ4n) is 2.07. The van der Waals surface area contributed by atoms with Crippen LogP contribution in [0.25, 0.3) is 11.0 Å². The number of benzene rings is 1. The van der Waals surface area contributed by atoms with Crippen molar-refractivity contribution in [2.24, 2.45) is 0 Å². The van der Waals surface area contributed by atoms with Crippen LogP contribution in [-0.2, 0) is 22.7 Å². The third kappa shape index (κ3) is 3.73. The summed E-state index contributed by atoms with van der Waals surface area (Å²) in [6, 6.07) is 10.9. The number of para-hydroxylation sites is 1. The zero-order valence-corrected chi connectivity index (χ0v) is 12.2. The average molecular weight is 313 g/mol. The third-order valence-corrected chi connectivity index (χ3v) is 3.20. The van der Waals surface area contributed by atoms with Gasteiger partial charge in [-0.2, -0.15) is 0 Å². The van der Waals surface area contributed by atoms with Gasteiger partial charge in [-0.25, -0.2) is 4.68 Å². The fourth-order valence-corrected chi connectivity index (χ4v) is 2.07. The van der Waals surface area contributed by atoms with Crippen LogP contribution in [0, 0.1) is 0 Å². The summed E-state index contributed by atoms with van der Waals surface area (Å²) >= 11 is 0. The van der Waals surface area contributed by atoms with E-state index in [-0.39, 0.29) is 31.4 Å². The third-order valence-electron chi connectivity index (χ3n) is 3.20. The van der Waals surface area contributed by atoms with Crippen LogP contribution in [0.4, 0.5) is 0 Å². The maximum absolute atomic E-state index is 11.9. The molecule has 0 spiro atoms. The Labute approximate surface area is 131 Å². The molecule has 0 atom stereocenters. The van der Waals surface area contributed by atoms with E-state index < -0.39 is 0 Å². The summed E-state index contributed by atoms with van der Waals surface area (Å²) in [6.45, 7) is 0.188. The Hall–Kier alpha value is -3.16. The number of hydrogen-bond acceptors (Lipinski definition) is 5. The van der Waals surface area contributed by atoms with Crippen LogP contribution in [0.15, 0.2) is 47.1 Å². The number of aromatic nitrogens is 3. The van der Waals surface area contributed by atoms with Gasteiger partial charge in [0.15, 0.2) is 0 Å². The zero-order chi connectivity index (χ0) is 16.1. The number of nitrogens with one attached hydrogen (secondary N) is 2. The van der Waals surface area contributed by atoms with E-state index in [4.69, 9.17) is 4.42 Å². The summed E-state index contributed by atoms with van der Waals surface area (Å²) in [5, 5.41) is 13.1. The van der Waals surface area contributed by atoms with E-state index in [1.807, 2.05) is 24.3 Å². The second-order valence-electron chi connectivity index (χ2n) is 4.87. The number of nitrogens with zero attached hydrogens (tertiary/aromatic N) is 3. The monoisotopic (exact) mass is 313 g/mol. The van der Waals surface area contributed by atoms with Gasteiger partial charge in [0.05, 0.1) is 24.9 Å². The number of rotatable bonds is 6. The van der Waals surface area contributed by atoms with Crippen molar-refractivity contribution in [3.05, 3.63) is 48.4 Å². The molecule has 8 heteroatoms. The first-order valence-electron chi connectivity index (χ1n) is 7.06. The molecule has 0 aliphatic rings. The lowest BCUT2D eigenvalue weighted by molar-refractivity contribution is -0.126. The number of carbonyl (C=O) groups is 2. The number of carbonyl (C=O) groups excluding carboxylic acids is 2. The molecule has 0 aliphatic carbocycles. The lowest BCUT2D eigenvalue weighted by Crippen LogP contribution is -2.38. The van der Waals surface area contributed by atoms with Crippen molar-refractivity contribution < 1.29 is 14.0 Å². The SMILES string of the molecule is O=C(CNC(=O)Cn1nnc2ccccc21)NCc1ccco1. The molecule has 1 aromatic carbocycles. The molecule has 23 heavy (non-hydrogen) atoms. The van der Waals surface area contributed by atoms with Crippen molar-refractivity contribution in [3.63, 3.8) is 0 Å². The van der Waals surface area contributed by atoms with Crippen molar-refractivity contribution in [3.8, 4) is 0 Å². The molecule has 0 saturated carbocycles. The van der Waals surface area contributed by atoms with Gasteiger partial charge in [-0.1, -0.05) is 17.3 Å². The van der Waals surface area contributed by atoms with Gasteiger partial charge in [0, 0.05) is 0 Å². The molecule has 0 radical (unpaired) electrons. The zero-order valence-electron chi connectivity index (χ0n) is 12.2. The normalized spacial score (nSPS) is 10.6. The van der Waals surface area contributed by atoms with Crippen LogP contribution in [0.5, 0.6) is 0 Å². The van der Waals surface area contributed by atoms with Crippen molar-refractivity contribution in [1.82, 2.24) is 25.6 Å². The maximum atomic E-state index is 11.9. The second-order valence-corrected chi connectivity index (χ2v) is 4.87. The molecule has 2 amide bonds. The summed E-state index contributed by atoms with van der Waals surface area (Å²) in [6.07, 6.45) is 1.53. The summed E-state index contributed by atoms with van der Waals surface area (Å²) in [7, 11) is 0. The standard InChI is InChI=1S/C15H15N5O3/c21-14(16-8-11-4-3-7-23-11)9-17-15(22)10-20-13-6-2-1-5-12(13)18-19-20/h1-7H,8-10H2,(H,16,21)(H,17,22). The Morgan fingerprint density at radius 3 is 2.78 bits per heavy atom. The van der Waals surface area contributed by atoms with Crippen LogP contribution in [-0.4, -0.2) is 33.4 Å². The van der Waals surface area contributed by atoms with Gasteiger partial charge in [0.2, 0.25) is 11.8 Å². The van der Waals surface area contributed by atoms with E-state index in [0.29, 0.717) is 5.76 Å². The molecular weight excluding hydrogens is 298 g/mol. The van der Waals surface area contributed by atoms with Gasteiger partial charge < -0.3 is 15.1 Å². The minimum atomic E-state index is -0.311. The molecular formula is C15H15N5O3. The first-order chi connectivity index (χ1) is 11.2. The summed E-state index contributed by atoms with van der Waals surface area (Å²) in [4.78, 5) is 23.5. The molecule has 0 saturated heterocycles. The smallest absolute Gasteiger partial charge is 0.242 e. The van der Waals surface area contributed by atoms with Gasteiger partial charge in [0.25, 0.3) is 0 Å². The van der Waals surface area contributed by atoms with Gasteiger partial charge >= 0.3 is 0 Å². The number of hydrogen-bond donors (Lipinski definition) is 2. The topological polar surface area (TPSA) is 102 Å². The van der Waals surface area contributed by atoms with Gasteiger partial charge in [-0.05, 0) is 24.3 Å². The van der Waals surface area contributed by atoms with Crippen molar-refractivity contribution in [2.45, 2.75) is 13.1 Å². The highest BCUT2D eigenvalue weighted by Crippen LogP contribution is 2.08. The Kier molecular flexibility index (Phi) is 4.32. The quantitative estimate of drug-likeness (QED) is 0.688. The molecule has 118 valence electrons. The molecule has 0 fully saturated rings. The van der Waals surface area contributed by atoms with Crippen LogP contribution in [0.1, 0.15) is 5.76 Å². The Morgan fingerprint density at radius 1 is 1.09 bits per heavy atom. The minimum Gasteiger partial charge on any atom is -0.467 e. The Morgan fingerprint density at radius 2 is 1.96 bits per heavy atom. The summed E-state index contributed by atoms with van der Waals surface area (Å²) in [5.74, 6) is 0.0470. The van der Waals surface area contributed by atoms with Crippen molar-refractivity contribution in [2.75, 3.05) is 6.54 Å². The number of amides is 2. The average Bonchev–Trinajstić information content (AvgIpc) is 3.21. The Balaban J connectivity index is 1.47. The predicted octanol–water partition coefficient (Wildman–Crippen LogP) is 0.457. The minimum absolute atomic E-state index is 0.00593. The van der Waals surface area contributed by atoms with E-state index in [2.05, 4.69) is 20.9 Å². The molecule has 2 N–H and O–H groups in total.